The first-order valence-electron chi connectivity index (χ1n) is 8.69. The van der Waals surface area contributed by atoms with Crippen LogP contribution >= 0.6 is 12.1 Å². The Hall–Kier alpha value is -2.39. The number of ether oxygens (including phenoxy) is 1. The minimum Gasteiger partial charge on any atom is -0.481 e. The van der Waals surface area contributed by atoms with Crippen molar-refractivity contribution >= 4 is 50.5 Å². The molecule has 142 valence electrons. The number of carbonyl (C=O) groups is 2. The number of fused-ring (bicyclic) bond motifs is 1. The number of amides is 2. The predicted octanol–water partition coefficient (Wildman–Crippen LogP) is -0.105. The summed E-state index contributed by atoms with van der Waals surface area (Å²) in [6, 6.07) is 3.91. The van der Waals surface area contributed by atoms with E-state index in [0.717, 1.165) is 17.0 Å². The lowest BCUT2D eigenvalue weighted by atomic mass is 9.78. The molecule has 3 rings (SSSR count). The number of nitrogens with one attached hydrogen (secondary N) is 1. The molecular formula is C17H19B2N5O3S. The number of nitrogens with zero attached hydrogens (tertiary/aromatic N) is 4. The van der Waals surface area contributed by atoms with Crippen molar-refractivity contribution in [3.05, 3.63) is 36.0 Å². The van der Waals surface area contributed by atoms with Crippen LogP contribution in [0.1, 0.15) is 0 Å². The summed E-state index contributed by atoms with van der Waals surface area (Å²) < 4.78 is 9.54. The monoisotopic (exact) mass is 395 g/mol. The molecule has 2 aromatic heterocycles. The molecule has 3 heterocycles. The molecule has 0 bridgehead atoms. The molecule has 2 aromatic rings. The van der Waals surface area contributed by atoms with Crippen molar-refractivity contribution in [3.8, 4) is 5.88 Å². The average molecular weight is 395 g/mol. The van der Waals surface area contributed by atoms with Gasteiger partial charge in [-0.05, 0) is 18.2 Å². The average Bonchev–Trinajstić information content (AvgIpc) is 3.09. The van der Waals surface area contributed by atoms with Gasteiger partial charge in [-0.2, -0.15) is 5.37 Å². The van der Waals surface area contributed by atoms with Gasteiger partial charge in [0.25, 0.3) is 0 Å². The highest BCUT2D eigenvalue weighted by Gasteiger charge is 2.22. The van der Waals surface area contributed by atoms with Gasteiger partial charge in [0, 0.05) is 50.7 Å². The van der Waals surface area contributed by atoms with Gasteiger partial charge in [-0.25, -0.2) is 9.29 Å². The molecule has 1 aliphatic heterocycles. The van der Waals surface area contributed by atoms with Gasteiger partial charge in [0.2, 0.25) is 17.7 Å². The number of aromatic nitrogens is 2. The van der Waals surface area contributed by atoms with E-state index >= 15 is 0 Å². The van der Waals surface area contributed by atoms with Gasteiger partial charge in [0.05, 0.1) is 40.3 Å². The summed E-state index contributed by atoms with van der Waals surface area (Å²) in [4.78, 5) is 29.7. The fraction of sp³-hybridized carbons (Fsp3) is 0.353. The maximum atomic E-state index is 12.2. The maximum absolute atomic E-state index is 12.2. The molecule has 0 aromatic carbocycles. The first kappa shape index (κ1) is 20.3. The van der Waals surface area contributed by atoms with E-state index in [0.29, 0.717) is 32.1 Å². The van der Waals surface area contributed by atoms with E-state index in [1.165, 1.54) is 0 Å². The third-order valence-electron chi connectivity index (χ3n) is 4.24. The largest absolute Gasteiger partial charge is 0.481 e. The van der Waals surface area contributed by atoms with Gasteiger partial charge in [0.1, 0.15) is 0 Å². The first-order chi connectivity index (χ1) is 13.5. The normalized spacial score (nSPS) is 14.7. The Balaban J connectivity index is 1.51. The van der Waals surface area contributed by atoms with Gasteiger partial charge in [0.15, 0.2) is 0 Å². The second kappa shape index (κ2) is 9.20. The number of rotatable bonds is 6. The highest BCUT2D eigenvalue weighted by Crippen LogP contribution is 2.28. The van der Waals surface area contributed by atoms with E-state index in [2.05, 4.69) is 18.6 Å². The standard InChI is InChI=1S/C17H19B2N5O3S/c1-27-17-12-3-5-24(13(12)2-4-20-17)28-23-8-6-22(7-9-23)16(26)11-21-15(25)10-14(18)19/h2-5,10H,6-9,11H2,1H3,(H,21,25). The van der Waals surface area contributed by atoms with Gasteiger partial charge < -0.3 is 15.0 Å². The molecule has 1 N–H and O–H groups in total. The van der Waals surface area contributed by atoms with Crippen molar-refractivity contribution in [3.63, 3.8) is 0 Å². The Morgan fingerprint density at radius 3 is 2.71 bits per heavy atom. The van der Waals surface area contributed by atoms with Crippen LogP contribution in [0.4, 0.5) is 0 Å². The van der Waals surface area contributed by atoms with E-state index < -0.39 is 5.91 Å². The quantitative estimate of drug-likeness (QED) is 0.418. The first-order valence-corrected chi connectivity index (χ1v) is 9.42. The molecule has 0 aliphatic carbocycles. The van der Waals surface area contributed by atoms with Crippen molar-refractivity contribution < 1.29 is 14.3 Å². The van der Waals surface area contributed by atoms with Crippen molar-refractivity contribution in [1.29, 1.82) is 0 Å². The van der Waals surface area contributed by atoms with Crippen LogP contribution in [0.3, 0.4) is 0 Å². The number of piperazine rings is 1. The third kappa shape index (κ3) is 4.90. The molecule has 1 fully saturated rings. The fourth-order valence-corrected chi connectivity index (χ4v) is 3.81. The number of pyridine rings is 1. The van der Waals surface area contributed by atoms with Gasteiger partial charge in [-0.1, -0.05) is 0 Å². The zero-order valence-corrected chi connectivity index (χ0v) is 16.3. The van der Waals surface area contributed by atoms with Crippen LogP contribution in [0.25, 0.3) is 10.9 Å². The second-order valence-corrected chi connectivity index (χ2v) is 7.22. The lowest BCUT2D eigenvalue weighted by Gasteiger charge is -2.33. The van der Waals surface area contributed by atoms with Crippen molar-refractivity contribution in [2.45, 2.75) is 0 Å². The Bertz CT molecular complexity index is 892. The van der Waals surface area contributed by atoms with Gasteiger partial charge >= 0.3 is 0 Å². The molecule has 11 heteroatoms. The summed E-state index contributed by atoms with van der Waals surface area (Å²) in [5, 5.41) is 3.34. The molecule has 0 atom stereocenters. The fourth-order valence-electron chi connectivity index (χ4n) is 2.87. The van der Waals surface area contributed by atoms with E-state index in [-0.39, 0.29) is 17.8 Å². The number of carbonyl (C=O) groups excluding carboxylic acids is 2. The topological polar surface area (TPSA) is 79.7 Å². The minimum atomic E-state index is -0.480. The summed E-state index contributed by atoms with van der Waals surface area (Å²) in [7, 11) is 12.1. The summed E-state index contributed by atoms with van der Waals surface area (Å²) in [5.41, 5.74) is 1.02. The second-order valence-electron chi connectivity index (χ2n) is 6.15. The van der Waals surface area contributed by atoms with Crippen LogP contribution in [0, 0.1) is 0 Å². The maximum Gasteiger partial charge on any atom is 0.242 e. The summed E-state index contributed by atoms with van der Waals surface area (Å²) in [5.74, 6) is -0.0169. The molecule has 0 unspecified atom stereocenters. The predicted molar refractivity (Wildman–Crippen MR) is 110 cm³/mol. The molecule has 0 saturated carbocycles. The molecule has 4 radical (unpaired) electrons. The Kier molecular flexibility index (Phi) is 6.69. The van der Waals surface area contributed by atoms with Crippen LogP contribution in [0.2, 0.25) is 0 Å². The molecule has 1 saturated heterocycles. The van der Waals surface area contributed by atoms with Crippen LogP contribution in [-0.2, 0) is 9.59 Å². The number of hydrogen-bond donors (Lipinski definition) is 1. The van der Waals surface area contributed by atoms with E-state index in [1.54, 1.807) is 30.3 Å². The van der Waals surface area contributed by atoms with Crippen LogP contribution < -0.4 is 10.1 Å². The highest BCUT2D eigenvalue weighted by molar-refractivity contribution is 7.95. The molecule has 2 amide bonds. The van der Waals surface area contributed by atoms with Crippen LogP contribution in [0.5, 0.6) is 5.88 Å². The lowest BCUT2D eigenvalue weighted by Crippen LogP contribution is -2.49. The van der Waals surface area contributed by atoms with Crippen LogP contribution in [-0.4, -0.2) is 85.5 Å². The van der Waals surface area contributed by atoms with E-state index in [4.69, 9.17) is 20.4 Å². The molecule has 8 nitrogen and oxygen atoms in total. The Morgan fingerprint density at radius 2 is 2.04 bits per heavy atom. The van der Waals surface area contributed by atoms with Crippen molar-refractivity contribution in [2.75, 3.05) is 39.8 Å². The molecule has 1 aliphatic rings. The minimum absolute atomic E-state index is 0.0786. The molecular weight excluding hydrogens is 376 g/mol. The third-order valence-corrected chi connectivity index (χ3v) is 5.33. The van der Waals surface area contributed by atoms with E-state index in [9.17, 15) is 9.59 Å². The highest BCUT2D eigenvalue weighted by atomic mass is 32.2. The smallest absolute Gasteiger partial charge is 0.242 e. The zero-order valence-electron chi connectivity index (χ0n) is 15.5. The van der Waals surface area contributed by atoms with Gasteiger partial charge in [-0.3, -0.25) is 13.6 Å². The molecule has 28 heavy (non-hydrogen) atoms. The molecule has 0 spiro atoms. The zero-order chi connectivity index (χ0) is 20.1. The van der Waals surface area contributed by atoms with Crippen molar-refractivity contribution in [1.82, 2.24) is 23.5 Å². The van der Waals surface area contributed by atoms with Gasteiger partial charge in [-0.15, -0.1) is 0 Å². The summed E-state index contributed by atoms with van der Waals surface area (Å²) >= 11 is 1.58. The Labute approximate surface area is 170 Å². The SMILES string of the molecule is [B]C([B])=CC(=O)NCC(=O)N1CCN(Sn2ccc3c(OC)nccc32)CC1. The number of methoxy groups -OCH3 is 1. The van der Waals surface area contributed by atoms with E-state index in [1.807, 2.05) is 18.3 Å². The van der Waals surface area contributed by atoms with Crippen LogP contribution in [0.15, 0.2) is 36.0 Å². The van der Waals surface area contributed by atoms with Crippen molar-refractivity contribution in [2.24, 2.45) is 0 Å². The summed E-state index contributed by atoms with van der Waals surface area (Å²) in [6.07, 6.45) is 4.74. The Morgan fingerprint density at radius 1 is 1.29 bits per heavy atom. The number of hydrogen-bond acceptors (Lipinski definition) is 6. The lowest BCUT2D eigenvalue weighted by molar-refractivity contribution is -0.133. The summed E-state index contributed by atoms with van der Waals surface area (Å²) in [6.45, 7) is 2.51.